The molecule has 0 amide bonds. The fraction of sp³-hybridized carbons (Fsp3) is 0.176. The minimum atomic E-state index is -0.220. The summed E-state index contributed by atoms with van der Waals surface area (Å²) in [7, 11) is 0. The predicted octanol–water partition coefficient (Wildman–Crippen LogP) is 4.25. The molecule has 0 bridgehead atoms. The molecule has 4 heteroatoms. The zero-order chi connectivity index (χ0) is 14.8. The number of hydrogen-bond acceptors (Lipinski definition) is 1. The summed E-state index contributed by atoms with van der Waals surface area (Å²) in [6.45, 7) is 0.525. The molecule has 2 nitrogen and oxygen atoms in total. The largest absolute Gasteiger partial charge is 0.361 e. The molecule has 0 saturated carbocycles. The van der Waals surface area contributed by atoms with Gasteiger partial charge >= 0.3 is 0 Å². The van der Waals surface area contributed by atoms with Gasteiger partial charge in [-0.25, -0.2) is 4.39 Å². The van der Waals surface area contributed by atoms with Crippen molar-refractivity contribution in [1.29, 1.82) is 0 Å². The molecule has 1 aromatic heterocycles. The van der Waals surface area contributed by atoms with E-state index in [4.69, 9.17) is 17.3 Å². The molecule has 0 aliphatic rings. The Morgan fingerprint density at radius 1 is 1.14 bits per heavy atom. The normalized spacial score (nSPS) is 12.7. The highest BCUT2D eigenvalue weighted by atomic mass is 35.5. The van der Waals surface area contributed by atoms with Gasteiger partial charge in [-0.15, -0.1) is 0 Å². The minimum absolute atomic E-state index is 0.169. The minimum Gasteiger partial charge on any atom is -0.361 e. The lowest BCUT2D eigenvalue weighted by Gasteiger charge is -2.14. The molecule has 0 spiro atoms. The first kappa shape index (κ1) is 14.1. The second kappa shape index (κ2) is 5.88. The maximum atomic E-state index is 13.0. The molecular formula is C17H16ClFN2. The lowest BCUT2D eigenvalue weighted by Crippen LogP contribution is -2.14. The third-order valence-corrected chi connectivity index (χ3v) is 4.03. The van der Waals surface area contributed by atoms with E-state index in [9.17, 15) is 4.39 Å². The number of aromatic amines is 1. The highest BCUT2D eigenvalue weighted by Crippen LogP contribution is 2.29. The van der Waals surface area contributed by atoms with Crippen LogP contribution in [0.4, 0.5) is 4.39 Å². The molecule has 0 saturated heterocycles. The van der Waals surface area contributed by atoms with Crippen LogP contribution < -0.4 is 5.73 Å². The van der Waals surface area contributed by atoms with Gasteiger partial charge in [0, 0.05) is 28.0 Å². The summed E-state index contributed by atoms with van der Waals surface area (Å²) in [5.41, 5.74) is 9.22. The van der Waals surface area contributed by atoms with Crippen LogP contribution in [0.1, 0.15) is 17.0 Å². The SMILES string of the molecule is NCC(Cc1ccc(F)cc1)c1c[nH]c2ccc(Cl)cc12. The van der Waals surface area contributed by atoms with Gasteiger partial charge in [0.2, 0.25) is 0 Å². The molecule has 0 aliphatic carbocycles. The Balaban J connectivity index is 1.94. The van der Waals surface area contributed by atoms with Crippen LogP contribution in [0.2, 0.25) is 5.02 Å². The molecule has 108 valence electrons. The van der Waals surface area contributed by atoms with E-state index in [2.05, 4.69) is 4.98 Å². The van der Waals surface area contributed by atoms with Crippen molar-refractivity contribution in [3.63, 3.8) is 0 Å². The second-order valence-corrected chi connectivity index (χ2v) is 5.63. The Kier molecular flexibility index (Phi) is 3.95. The molecule has 0 radical (unpaired) electrons. The zero-order valence-electron chi connectivity index (χ0n) is 11.4. The Bertz CT molecular complexity index is 749. The molecule has 0 fully saturated rings. The number of nitrogens with one attached hydrogen (secondary N) is 1. The zero-order valence-corrected chi connectivity index (χ0v) is 12.2. The number of rotatable bonds is 4. The van der Waals surface area contributed by atoms with Crippen LogP contribution in [0.25, 0.3) is 10.9 Å². The van der Waals surface area contributed by atoms with E-state index < -0.39 is 0 Å². The second-order valence-electron chi connectivity index (χ2n) is 5.20. The molecule has 3 aromatic rings. The van der Waals surface area contributed by atoms with Gasteiger partial charge in [0.05, 0.1) is 0 Å². The Labute approximate surface area is 127 Å². The third-order valence-electron chi connectivity index (χ3n) is 3.80. The fourth-order valence-electron chi connectivity index (χ4n) is 2.68. The van der Waals surface area contributed by atoms with Crippen molar-refractivity contribution >= 4 is 22.5 Å². The molecule has 1 heterocycles. The number of H-pyrrole nitrogens is 1. The average molecular weight is 303 g/mol. The van der Waals surface area contributed by atoms with E-state index in [0.29, 0.717) is 11.6 Å². The molecule has 21 heavy (non-hydrogen) atoms. The quantitative estimate of drug-likeness (QED) is 0.743. The summed E-state index contributed by atoms with van der Waals surface area (Å²) in [6.07, 6.45) is 2.76. The van der Waals surface area contributed by atoms with Gasteiger partial charge in [-0.1, -0.05) is 23.7 Å². The first-order valence-electron chi connectivity index (χ1n) is 6.88. The highest BCUT2D eigenvalue weighted by Gasteiger charge is 2.15. The van der Waals surface area contributed by atoms with Crippen LogP contribution in [0.3, 0.4) is 0 Å². The number of benzene rings is 2. The lowest BCUT2D eigenvalue weighted by atomic mass is 9.92. The van der Waals surface area contributed by atoms with Crippen molar-refractivity contribution in [3.05, 3.63) is 70.6 Å². The predicted molar refractivity (Wildman–Crippen MR) is 85.2 cm³/mol. The van der Waals surface area contributed by atoms with Crippen molar-refractivity contribution in [2.24, 2.45) is 5.73 Å². The van der Waals surface area contributed by atoms with E-state index in [1.54, 1.807) is 12.1 Å². The van der Waals surface area contributed by atoms with Crippen LogP contribution in [-0.2, 0) is 6.42 Å². The average Bonchev–Trinajstić information content (AvgIpc) is 2.89. The number of nitrogens with two attached hydrogens (primary N) is 1. The van der Waals surface area contributed by atoms with E-state index >= 15 is 0 Å². The summed E-state index contributed by atoms with van der Waals surface area (Å²) in [5.74, 6) is -0.0513. The molecular weight excluding hydrogens is 287 g/mol. The van der Waals surface area contributed by atoms with Crippen molar-refractivity contribution in [2.75, 3.05) is 6.54 Å². The lowest BCUT2D eigenvalue weighted by molar-refractivity contribution is 0.625. The third kappa shape index (κ3) is 2.94. The summed E-state index contributed by atoms with van der Waals surface area (Å²) < 4.78 is 13.0. The van der Waals surface area contributed by atoms with E-state index in [1.807, 2.05) is 24.4 Å². The summed E-state index contributed by atoms with van der Waals surface area (Å²) in [6, 6.07) is 12.4. The maximum absolute atomic E-state index is 13.0. The monoisotopic (exact) mass is 302 g/mol. The highest BCUT2D eigenvalue weighted by molar-refractivity contribution is 6.31. The topological polar surface area (TPSA) is 41.8 Å². The van der Waals surface area contributed by atoms with Crippen molar-refractivity contribution < 1.29 is 4.39 Å². The standard InChI is InChI=1S/C17H16ClFN2/c18-13-3-6-17-15(8-13)16(10-21-17)12(9-20)7-11-1-4-14(19)5-2-11/h1-6,8,10,12,21H,7,9,20H2. The van der Waals surface area contributed by atoms with Gasteiger partial charge < -0.3 is 10.7 Å². The van der Waals surface area contributed by atoms with Crippen molar-refractivity contribution in [3.8, 4) is 0 Å². The first-order valence-corrected chi connectivity index (χ1v) is 7.26. The fourth-order valence-corrected chi connectivity index (χ4v) is 2.85. The first-order chi connectivity index (χ1) is 10.2. The summed E-state index contributed by atoms with van der Waals surface area (Å²) >= 11 is 6.09. The van der Waals surface area contributed by atoms with Crippen LogP contribution >= 0.6 is 11.6 Å². The van der Waals surface area contributed by atoms with Gasteiger partial charge in [-0.05, 0) is 54.4 Å². The van der Waals surface area contributed by atoms with Crippen molar-refractivity contribution in [1.82, 2.24) is 4.98 Å². The molecule has 0 aliphatic heterocycles. The van der Waals surface area contributed by atoms with Gasteiger partial charge in [0.1, 0.15) is 5.82 Å². The van der Waals surface area contributed by atoms with E-state index in [-0.39, 0.29) is 11.7 Å². The van der Waals surface area contributed by atoms with Crippen LogP contribution in [0.15, 0.2) is 48.7 Å². The van der Waals surface area contributed by atoms with Crippen LogP contribution in [-0.4, -0.2) is 11.5 Å². The van der Waals surface area contributed by atoms with Gasteiger partial charge in [-0.2, -0.15) is 0 Å². The van der Waals surface area contributed by atoms with Gasteiger partial charge in [0.15, 0.2) is 0 Å². The van der Waals surface area contributed by atoms with Crippen LogP contribution in [0.5, 0.6) is 0 Å². The Hall–Kier alpha value is -1.84. The molecule has 3 N–H and O–H groups in total. The number of fused-ring (bicyclic) bond motifs is 1. The number of hydrogen-bond donors (Lipinski definition) is 2. The smallest absolute Gasteiger partial charge is 0.123 e. The number of aromatic nitrogens is 1. The Morgan fingerprint density at radius 2 is 1.90 bits per heavy atom. The Morgan fingerprint density at radius 3 is 2.62 bits per heavy atom. The van der Waals surface area contributed by atoms with Crippen molar-refractivity contribution in [2.45, 2.75) is 12.3 Å². The van der Waals surface area contributed by atoms with E-state index in [1.165, 1.54) is 12.1 Å². The summed E-state index contributed by atoms with van der Waals surface area (Å²) in [5, 5.41) is 1.81. The molecule has 2 aromatic carbocycles. The van der Waals surface area contributed by atoms with Crippen LogP contribution in [0, 0.1) is 5.82 Å². The molecule has 1 atom stereocenters. The van der Waals surface area contributed by atoms with Gasteiger partial charge in [0.25, 0.3) is 0 Å². The number of halogens is 2. The maximum Gasteiger partial charge on any atom is 0.123 e. The molecule has 1 unspecified atom stereocenters. The van der Waals surface area contributed by atoms with E-state index in [0.717, 1.165) is 28.5 Å². The summed E-state index contributed by atoms with van der Waals surface area (Å²) in [4.78, 5) is 3.25. The molecule has 3 rings (SSSR count). The van der Waals surface area contributed by atoms with Gasteiger partial charge in [-0.3, -0.25) is 0 Å².